The first-order chi connectivity index (χ1) is 16.6. The van der Waals surface area contributed by atoms with Crippen LogP contribution in [-0.4, -0.2) is 67.5 Å². The smallest absolute Gasteiger partial charge is 0.273 e. The highest BCUT2D eigenvalue weighted by Gasteiger charge is 2.25. The van der Waals surface area contributed by atoms with Gasteiger partial charge in [-0.15, -0.1) is 21.5 Å². The number of thiazole rings is 1. The van der Waals surface area contributed by atoms with Crippen LogP contribution >= 0.6 is 23.1 Å². The van der Waals surface area contributed by atoms with E-state index in [4.69, 9.17) is 4.42 Å². The first kappa shape index (κ1) is 22.4. The summed E-state index contributed by atoms with van der Waals surface area (Å²) in [6, 6.07) is 13.5. The summed E-state index contributed by atoms with van der Waals surface area (Å²) in [5, 5.41) is 12.1. The minimum Gasteiger partial charge on any atom is -0.461 e. The predicted octanol–water partition coefficient (Wildman–Crippen LogP) is 3.58. The lowest BCUT2D eigenvalue weighted by molar-refractivity contribution is -0.130. The maximum atomic E-state index is 12.9. The molecule has 1 aliphatic heterocycles. The number of aromatic nitrogens is 4. The highest BCUT2D eigenvalue weighted by atomic mass is 32.2. The van der Waals surface area contributed by atoms with E-state index >= 15 is 0 Å². The molecule has 1 saturated heterocycles. The average Bonchev–Trinajstić information content (AvgIpc) is 3.63. The fraction of sp³-hybridized carbons (Fsp3) is 0.261. The molecule has 9 nitrogen and oxygen atoms in total. The van der Waals surface area contributed by atoms with Gasteiger partial charge in [-0.25, -0.2) is 4.98 Å². The van der Waals surface area contributed by atoms with Crippen molar-refractivity contribution in [3.8, 4) is 17.3 Å². The molecule has 0 bridgehead atoms. The van der Waals surface area contributed by atoms with Crippen LogP contribution in [0, 0.1) is 0 Å². The average molecular weight is 495 g/mol. The number of hydrogen-bond donors (Lipinski definition) is 0. The van der Waals surface area contributed by atoms with E-state index in [2.05, 4.69) is 15.2 Å². The van der Waals surface area contributed by atoms with Gasteiger partial charge in [0, 0.05) is 44.2 Å². The zero-order valence-corrected chi connectivity index (χ0v) is 20.1. The Hall–Kier alpha value is -3.44. The van der Waals surface area contributed by atoms with Gasteiger partial charge in [0.1, 0.15) is 10.7 Å². The third-order valence-corrected chi connectivity index (χ3v) is 7.47. The van der Waals surface area contributed by atoms with Gasteiger partial charge in [0.2, 0.25) is 11.7 Å². The van der Waals surface area contributed by atoms with E-state index in [0.29, 0.717) is 54.4 Å². The van der Waals surface area contributed by atoms with Gasteiger partial charge in [-0.2, -0.15) is 0 Å². The molecule has 1 aromatic carbocycles. The van der Waals surface area contributed by atoms with E-state index in [1.807, 2.05) is 47.0 Å². The molecule has 0 unspecified atom stereocenters. The quantitative estimate of drug-likeness (QED) is 0.378. The summed E-state index contributed by atoms with van der Waals surface area (Å²) in [5.74, 6) is 1.76. The van der Waals surface area contributed by atoms with Crippen molar-refractivity contribution in [2.75, 3.05) is 26.2 Å². The number of furan rings is 1. The molecule has 0 saturated carbocycles. The largest absolute Gasteiger partial charge is 0.461 e. The third kappa shape index (κ3) is 4.62. The van der Waals surface area contributed by atoms with E-state index in [-0.39, 0.29) is 11.8 Å². The van der Waals surface area contributed by atoms with Gasteiger partial charge >= 0.3 is 0 Å². The molecule has 4 heterocycles. The Morgan fingerprint density at radius 2 is 1.79 bits per heavy atom. The van der Waals surface area contributed by atoms with Gasteiger partial charge in [-0.3, -0.25) is 14.2 Å². The number of benzene rings is 1. The Morgan fingerprint density at radius 1 is 1.03 bits per heavy atom. The number of rotatable bonds is 6. The van der Waals surface area contributed by atoms with Crippen molar-refractivity contribution in [3.63, 3.8) is 0 Å². The fourth-order valence-corrected chi connectivity index (χ4v) is 5.46. The molecular formula is C23H22N6O3S2. The molecule has 174 valence electrons. The lowest BCUT2D eigenvalue weighted by Crippen LogP contribution is -2.50. The Balaban J connectivity index is 1.29. The lowest BCUT2D eigenvalue weighted by atomic mass is 10.3. The summed E-state index contributed by atoms with van der Waals surface area (Å²) in [5.41, 5.74) is 1.37. The zero-order chi connectivity index (χ0) is 23.5. The number of para-hydroxylation sites is 1. The molecule has 0 spiro atoms. The predicted molar refractivity (Wildman–Crippen MR) is 129 cm³/mol. The third-order valence-electron chi connectivity index (χ3n) is 5.50. The molecule has 1 fully saturated rings. The Labute approximate surface area is 204 Å². The van der Waals surface area contributed by atoms with E-state index in [0.717, 1.165) is 10.7 Å². The topological polar surface area (TPSA) is 97.4 Å². The van der Waals surface area contributed by atoms with Crippen molar-refractivity contribution in [2.24, 2.45) is 0 Å². The van der Waals surface area contributed by atoms with Crippen molar-refractivity contribution >= 4 is 34.9 Å². The molecule has 0 atom stereocenters. The molecule has 0 radical (unpaired) electrons. The van der Waals surface area contributed by atoms with Gasteiger partial charge in [-0.05, 0) is 24.3 Å². The zero-order valence-electron chi connectivity index (χ0n) is 18.5. The van der Waals surface area contributed by atoms with Crippen LogP contribution in [0.1, 0.15) is 22.4 Å². The normalized spacial score (nSPS) is 13.9. The number of hydrogen-bond acceptors (Lipinski definition) is 8. The van der Waals surface area contributed by atoms with Crippen molar-refractivity contribution in [1.82, 2.24) is 29.5 Å². The standard InChI is InChI=1S/C23H22N6O3S2/c1-16(30)27-9-11-28(12-10-27)22(31)18-14-33-20(24-18)15-34-23-26-25-21(19-8-5-13-32-19)29(23)17-6-3-2-4-7-17/h2-8,13-14H,9-12,15H2,1H3. The van der Waals surface area contributed by atoms with Crippen molar-refractivity contribution in [1.29, 1.82) is 0 Å². The summed E-state index contributed by atoms with van der Waals surface area (Å²) >= 11 is 2.96. The molecule has 34 heavy (non-hydrogen) atoms. The maximum absolute atomic E-state index is 12.9. The summed E-state index contributed by atoms with van der Waals surface area (Å²) in [4.78, 5) is 32.5. The van der Waals surface area contributed by atoms with Crippen LogP contribution in [0.4, 0.5) is 0 Å². The minimum atomic E-state index is -0.0942. The molecule has 5 rings (SSSR count). The summed E-state index contributed by atoms with van der Waals surface area (Å²) < 4.78 is 7.51. The maximum Gasteiger partial charge on any atom is 0.273 e. The molecule has 4 aromatic rings. The van der Waals surface area contributed by atoms with Crippen LogP contribution < -0.4 is 0 Å². The molecule has 3 aromatic heterocycles. The molecule has 1 aliphatic rings. The second-order valence-electron chi connectivity index (χ2n) is 7.67. The van der Waals surface area contributed by atoms with Crippen molar-refractivity contribution in [2.45, 2.75) is 17.8 Å². The number of thioether (sulfide) groups is 1. The van der Waals surface area contributed by atoms with Crippen LogP contribution in [0.5, 0.6) is 0 Å². The lowest BCUT2D eigenvalue weighted by Gasteiger charge is -2.33. The molecule has 2 amide bonds. The minimum absolute atomic E-state index is 0.0404. The first-order valence-corrected chi connectivity index (χ1v) is 12.6. The van der Waals surface area contributed by atoms with Gasteiger partial charge in [-0.1, -0.05) is 30.0 Å². The van der Waals surface area contributed by atoms with Crippen molar-refractivity contribution < 1.29 is 14.0 Å². The molecule has 0 aliphatic carbocycles. The number of carbonyl (C=O) groups is 2. The van der Waals surface area contributed by atoms with Gasteiger partial charge < -0.3 is 14.2 Å². The summed E-state index contributed by atoms with van der Waals surface area (Å²) in [7, 11) is 0. The highest BCUT2D eigenvalue weighted by Crippen LogP contribution is 2.30. The summed E-state index contributed by atoms with van der Waals surface area (Å²) in [6.45, 7) is 3.71. The molecule has 0 N–H and O–H groups in total. The number of nitrogens with zero attached hydrogens (tertiary/aromatic N) is 6. The SMILES string of the molecule is CC(=O)N1CCN(C(=O)c2csc(CSc3nnc(-c4ccco4)n3-c3ccccc3)n2)CC1. The van der Waals surface area contributed by atoms with Crippen LogP contribution in [0.25, 0.3) is 17.3 Å². The Morgan fingerprint density at radius 3 is 2.50 bits per heavy atom. The monoisotopic (exact) mass is 494 g/mol. The van der Waals surface area contributed by atoms with Crippen LogP contribution in [0.2, 0.25) is 0 Å². The van der Waals surface area contributed by atoms with E-state index in [1.165, 1.54) is 23.1 Å². The van der Waals surface area contributed by atoms with Crippen molar-refractivity contribution in [3.05, 3.63) is 64.8 Å². The second-order valence-corrected chi connectivity index (χ2v) is 9.55. The van der Waals surface area contributed by atoms with Gasteiger partial charge in [0.05, 0.1) is 12.0 Å². The van der Waals surface area contributed by atoms with Crippen LogP contribution in [-0.2, 0) is 10.5 Å². The summed E-state index contributed by atoms with van der Waals surface area (Å²) in [6.07, 6.45) is 1.61. The van der Waals surface area contributed by atoms with E-state index in [9.17, 15) is 9.59 Å². The van der Waals surface area contributed by atoms with Crippen LogP contribution in [0.3, 0.4) is 0 Å². The second kappa shape index (κ2) is 9.82. The van der Waals surface area contributed by atoms with E-state index < -0.39 is 0 Å². The fourth-order valence-electron chi connectivity index (χ4n) is 3.73. The molecular weight excluding hydrogens is 472 g/mol. The van der Waals surface area contributed by atoms with Gasteiger partial charge in [0.15, 0.2) is 10.9 Å². The number of carbonyl (C=O) groups excluding carboxylic acids is 2. The van der Waals surface area contributed by atoms with E-state index in [1.54, 1.807) is 28.4 Å². The Kier molecular flexibility index (Phi) is 6.45. The van der Waals surface area contributed by atoms with Gasteiger partial charge in [0.25, 0.3) is 5.91 Å². The molecule has 11 heteroatoms. The first-order valence-electron chi connectivity index (χ1n) is 10.8. The number of amides is 2. The highest BCUT2D eigenvalue weighted by molar-refractivity contribution is 7.98. The van der Waals surface area contributed by atoms with Crippen LogP contribution in [0.15, 0.2) is 63.7 Å². The number of piperazine rings is 1. The Bertz CT molecular complexity index is 1280.